The minimum Gasteiger partial charge on any atom is -0.462 e. The van der Waals surface area contributed by atoms with Gasteiger partial charge in [-0.1, -0.05) is 254 Å². The van der Waals surface area contributed by atoms with Crippen molar-refractivity contribution in [1.82, 2.24) is 0 Å². The molecule has 0 amide bonds. The third-order valence-electron chi connectivity index (χ3n) is 11.5. The zero-order valence-corrected chi connectivity index (χ0v) is 40.9. The molecular weight excluding hydrogens is 765 g/mol. The summed E-state index contributed by atoms with van der Waals surface area (Å²) in [5.74, 6) is -0.733. The van der Waals surface area contributed by atoms with Crippen LogP contribution in [0.3, 0.4) is 0 Å². The molecular formula is C57H100O5. The number of esters is 2. The summed E-state index contributed by atoms with van der Waals surface area (Å²) in [6.45, 7) is 3.96. The maximum Gasteiger partial charge on any atom is 0.310 e. The van der Waals surface area contributed by atoms with Gasteiger partial charge in [0.25, 0.3) is 0 Å². The Balaban J connectivity index is 3.47. The smallest absolute Gasteiger partial charge is 0.310 e. The highest BCUT2D eigenvalue weighted by atomic mass is 16.6. The molecule has 1 unspecified atom stereocenters. The number of hydrogen-bond acceptors (Lipinski definition) is 5. The molecule has 0 radical (unpaired) electrons. The zero-order chi connectivity index (χ0) is 44.9. The van der Waals surface area contributed by atoms with Gasteiger partial charge in [0, 0.05) is 6.42 Å². The molecule has 62 heavy (non-hydrogen) atoms. The zero-order valence-electron chi connectivity index (χ0n) is 40.9. The molecule has 0 aliphatic rings. The minimum atomic E-state index is -0.828. The summed E-state index contributed by atoms with van der Waals surface area (Å²) in [6.07, 6.45) is 72.0. The van der Waals surface area contributed by atoms with Crippen LogP contribution in [0.4, 0.5) is 0 Å². The van der Waals surface area contributed by atoms with E-state index in [0.29, 0.717) is 6.42 Å². The molecule has 0 aromatic rings. The number of allylic oxidation sites excluding steroid dienone is 11. The maximum atomic E-state index is 12.2. The predicted octanol–water partition coefficient (Wildman–Crippen LogP) is 17.6. The van der Waals surface area contributed by atoms with Gasteiger partial charge in [0.1, 0.15) is 6.61 Å². The summed E-state index contributed by atoms with van der Waals surface area (Å²) in [6, 6.07) is 0. The number of ether oxygens (including phenoxy) is 2. The van der Waals surface area contributed by atoms with E-state index in [9.17, 15) is 14.7 Å². The Hall–Kier alpha value is -2.66. The van der Waals surface area contributed by atoms with E-state index in [2.05, 4.69) is 74.6 Å². The van der Waals surface area contributed by atoms with Crippen molar-refractivity contribution in [2.24, 2.45) is 0 Å². The van der Waals surface area contributed by atoms with Crippen LogP contribution in [0.1, 0.15) is 258 Å². The summed E-state index contributed by atoms with van der Waals surface area (Å²) in [7, 11) is 0. The fourth-order valence-corrected chi connectivity index (χ4v) is 7.57. The summed E-state index contributed by atoms with van der Waals surface area (Å²) < 4.78 is 10.6. The second-order valence-corrected chi connectivity index (χ2v) is 17.6. The van der Waals surface area contributed by atoms with Crippen LogP contribution in [0.15, 0.2) is 72.9 Å². The molecule has 5 nitrogen and oxygen atoms in total. The first-order valence-electron chi connectivity index (χ1n) is 26.5. The second-order valence-electron chi connectivity index (χ2n) is 17.6. The summed E-state index contributed by atoms with van der Waals surface area (Å²) in [4.78, 5) is 24.3. The number of hydrogen-bond donors (Lipinski definition) is 1. The van der Waals surface area contributed by atoms with Crippen LogP contribution < -0.4 is 0 Å². The van der Waals surface area contributed by atoms with Gasteiger partial charge in [0.2, 0.25) is 0 Å². The van der Waals surface area contributed by atoms with Gasteiger partial charge in [-0.25, -0.2) is 0 Å². The molecule has 0 aliphatic heterocycles. The van der Waals surface area contributed by atoms with E-state index in [0.717, 1.165) is 51.4 Å². The number of carbonyl (C=O) groups is 2. The fourth-order valence-electron chi connectivity index (χ4n) is 7.57. The van der Waals surface area contributed by atoms with E-state index < -0.39 is 12.1 Å². The Morgan fingerprint density at radius 1 is 0.403 bits per heavy atom. The van der Waals surface area contributed by atoms with E-state index in [-0.39, 0.29) is 25.6 Å². The van der Waals surface area contributed by atoms with Crippen LogP contribution in [0.5, 0.6) is 0 Å². The quantitative estimate of drug-likeness (QED) is 0.0375. The lowest BCUT2D eigenvalue weighted by molar-refractivity contribution is -0.160. The maximum absolute atomic E-state index is 12.2. The molecule has 0 bridgehead atoms. The van der Waals surface area contributed by atoms with E-state index in [1.807, 2.05) is 6.08 Å². The van der Waals surface area contributed by atoms with Crippen molar-refractivity contribution in [3.05, 3.63) is 72.9 Å². The number of unbranched alkanes of at least 4 members (excludes halogenated alkanes) is 29. The first-order chi connectivity index (χ1) is 30.6. The monoisotopic (exact) mass is 865 g/mol. The molecule has 1 N–H and O–H groups in total. The van der Waals surface area contributed by atoms with E-state index in [1.165, 1.54) is 180 Å². The molecule has 0 spiro atoms. The number of aliphatic hydroxyl groups is 1. The average molecular weight is 865 g/mol. The molecule has 1 atom stereocenters. The predicted molar refractivity (Wildman–Crippen MR) is 270 cm³/mol. The van der Waals surface area contributed by atoms with Gasteiger partial charge in [0.15, 0.2) is 6.10 Å². The van der Waals surface area contributed by atoms with Gasteiger partial charge in [0.05, 0.1) is 13.0 Å². The molecule has 0 saturated carbocycles. The Bertz CT molecular complexity index is 1110. The lowest BCUT2D eigenvalue weighted by atomic mass is 10.0. The second kappa shape index (κ2) is 52.7. The minimum absolute atomic E-state index is 0.106. The van der Waals surface area contributed by atoms with Gasteiger partial charge in [-0.15, -0.1) is 0 Å². The van der Waals surface area contributed by atoms with Crippen LogP contribution in [-0.2, 0) is 19.1 Å². The van der Waals surface area contributed by atoms with Gasteiger partial charge in [-0.2, -0.15) is 0 Å². The Morgan fingerprint density at radius 3 is 1.11 bits per heavy atom. The first kappa shape index (κ1) is 59.3. The third kappa shape index (κ3) is 50.0. The SMILES string of the molecule is CC/C=C\C/C=C\C/C=C\C/C=C\C/C=C\CC(=O)OC(CO)COC(=O)CCCCCCCCCCCCCCCCCCCCCCC/C=C\CCCCCCCCCC. The van der Waals surface area contributed by atoms with Crippen molar-refractivity contribution in [3.8, 4) is 0 Å². The fraction of sp³-hybridized carbons (Fsp3) is 0.754. The third-order valence-corrected chi connectivity index (χ3v) is 11.5. The molecule has 0 rings (SSSR count). The molecule has 0 aromatic carbocycles. The van der Waals surface area contributed by atoms with Crippen LogP contribution >= 0.6 is 0 Å². The lowest BCUT2D eigenvalue weighted by Gasteiger charge is -2.15. The highest BCUT2D eigenvalue weighted by Gasteiger charge is 2.15. The van der Waals surface area contributed by atoms with Crippen LogP contribution in [0, 0.1) is 0 Å². The normalized spacial score (nSPS) is 12.8. The van der Waals surface area contributed by atoms with E-state index in [1.54, 1.807) is 6.08 Å². The largest absolute Gasteiger partial charge is 0.462 e. The van der Waals surface area contributed by atoms with Crippen molar-refractivity contribution in [3.63, 3.8) is 0 Å². The van der Waals surface area contributed by atoms with Crippen molar-refractivity contribution in [1.29, 1.82) is 0 Å². The molecule has 0 aliphatic carbocycles. The standard InChI is InChI=1S/C57H100O5/c1-3-5-7-9-11-13-15-17-19-20-21-22-23-24-25-26-27-28-29-30-31-32-33-34-35-36-38-39-41-43-45-47-49-51-56(59)61-54-55(53-58)62-57(60)52-50-48-46-44-42-40-37-18-16-14-12-10-8-6-4-2/h6,8,12,14,18,20-21,37,42,44,48,50,55,58H,3-5,7,9-11,13,15-17,19,22-36,38-41,43,45-47,49,51-54H2,1-2H3/b8-6-,14-12-,21-20-,37-18-,44-42-,50-48-. The summed E-state index contributed by atoms with van der Waals surface area (Å²) in [5.41, 5.74) is 0. The lowest BCUT2D eigenvalue weighted by Crippen LogP contribution is -2.28. The highest BCUT2D eigenvalue weighted by Crippen LogP contribution is 2.16. The number of carbonyl (C=O) groups excluding carboxylic acids is 2. The molecule has 0 aromatic heterocycles. The van der Waals surface area contributed by atoms with Crippen LogP contribution in [0.2, 0.25) is 0 Å². The number of aliphatic hydroxyl groups excluding tert-OH is 1. The Morgan fingerprint density at radius 2 is 0.742 bits per heavy atom. The Kier molecular flexibility index (Phi) is 50.4. The molecule has 0 saturated heterocycles. The number of rotatable bonds is 48. The van der Waals surface area contributed by atoms with Gasteiger partial charge >= 0.3 is 11.9 Å². The molecule has 0 heterocycles. The van der Waals surface area contributed by atoms with Gasteiger partial charge in [-0.3, -0.25) is 9.59 Å². The molecule has 0 fully saturated rings. The van der Waals surface area contributed by atoms with Gasteiger partial charge < -0.3 is 14.6 Å². The van der Waals surface area contributed by atoms with Crippen LogP contribution in [-0.4, -0.2) is 36.4 Å². The summed E-state index contributed by atoms with van der Waals surface area (Å²) >= 11 is 0. The van der Waals surface area contributed by atoms with Gasteiger partial charge in [-0.05, 0) is 64.2 Å². The summed E-state index contributed by atoms with van der Waals surface area (Å²) in [5, 5.41) is 9.58. The van der Waals surface area contributed by atoms with E-state index in [4.69, 9.17) is 9.47 Å². The van der Waals surface area contributed by atoms with Crippen molar-refractivity contribution in [2.75, 3.05) is 13.2 Å². The van der Waals surface area contributed by atoms with Crippen molar-refractivity contribution >= 4 is 11.9 Å². The van der Waals surface area contributed by atoms with Crippen molar-refractivity contribution < 1.29 is 24.2 Å². The first-order valence-corrected chi connectivity index (χ1v) is 26.5. The average Bonchev–Trinajstić information content (AvgIpc) is 3.28. The Labute approximate surface area is 384 Å². The topological polar surface area (TPSA) is 72.8 Å². The molecule has 358 valence electrons. The van der Waals surface area contributed by atoms with Crippen molar-refractivity contribution in [2.45, 2.75) is 264 Å². The van der Waals surface area contributed by atoms with E-state index >= 15 is 0 Å². The van der Waals surface area contributed by atoms with Crippen LogP contribution in [0.25, 0.3) is 0 Å². The molecule has 5 heteroatoms. The highest BCUT2D eigenvalue weighted by molar-refractivity contribution is 5.71.